The lowest BCUT2D eigenvalue weighted by Crippen LogP contribution is -2.28. The Morgan fingerprint density at radius 3 is 3.00 bits per heavy atom. The molecule has 98 valence electrons. The van der Waals surface area contributed by atoms with Crippen LogP contribution in [-0.4, -0.2) is 35.6 Å². The van der Waals surface area contributed by atoms with Crippen molar-refractivity contribution < 1.29 is 9.53 Å². The lowest BCUT2D eigenvalue weighted by molar-refractivity contribution is 0.0901. The number of ether oxygens (including phenoxy) is 1. The summed E-state index contributed by atoms with van der Waals surface area (Å²) >= 11 is 5.69. The van der Waals surface area contributed by atoms with Crippen LogP contribution in [0.15, 0.2) is 6.07 Å². The summed E-state index contributed by atoms with van der Waals surface area (Å²) in [5.41, 5.74) is 0.958. The lowest BCUT2D eigenvalue weighted by atomic mass is 10.3. The van der Waals surface area contributed by atoms with Crippen molar-refractivity contribution in [3.63, 3.8) is 0 Å². The van der Waals surface area contributed by atoms with Gasteiger partial charge in [0, 0.05) is 18.8 Å². The molecule has 6 heteroatoms. The van der Waals surface area contributed by atoms with Gasteiger partial charge in [-0.05, 0) is 43.4 Å². The Kier molecular flexibility index (Phi) is 4.49. The number of nitrogens with one attached hydrogen (secondary N) is 1. The average molecular weight is 270 g/mol. The van der Waals surface area contributed by atoms with Gasteiger partial charge in [-0.2, -0.15) is 0 Å². The number of halogens is 1. The highest BCUT2D eigenvalue weighted by Gasteiger charge is 2.20. The Morgan fingerprint density at radius 2 is 2.33 bits per heavy atom. The number of carbonyl (C=O) groups excluding carboxylic acids is 1. The van der Waals surface area contributed by atoms with Gasteiger partial charge in [0.05, 0.1) is 6.61 Å². The van der Waals surface area contributed by atoms with E-state index in [2.05, 4.69) is 15.3 Å². The minimum absolute atomic E-state index is 0.0881. The zero-order valence-electron chi connectivity index (χ0n) is 10.3. The highest BCUT2D eigenvalue weighted by atomic mass is 35.5. The van der Waals surface area contributed by atoms with Crippen LogP contribution in [0.5, 0.6) is 0 Å². The van der Waals surface area contributed by atoms with Crippen LogP contribution in [0.2, 0.25) is 5.28 Å². The number of nitrogens with zero attached hydrogens (tertiary/aromatic N) is 2. The molecule has 1 saturated carbocycles. The quantitative estimate of drug-likeness (QED) is 0.629. The molecule has 0 unspecified atom stereocenters. The number of amides is 1. The van der Waals surface area contributed by atoms with E-state index in [9.17, 15) is 4.79 Å². The zero-order valence-corrected chi connectivity index (χ0v) is 11.0. The summed E-state index contributed by atoms with van der Waals surface area (Å²) in [5, 5.41) is 2.82. The van der Waals surface area contributed by atoms with Gasteiger partial charge >= 0.3 is 0 Å². The SMILES string of the molecule is Cc1cc(C(=O)NCCOCC2CC2)nc(Cl)n1. The van der Waals surface area contributed by atoms with Gasteiger partial charge in [-0.1, -0.05) is 0 Å². The number of aryl methyl sites for hydroxylation is 1. The molecule has 1 aliphatic carbocycles. The van der Waals surface area contributed by atoms with Crippen LogP contribution in [0.1, 0.15) is 29.0 Å². The first kappa shape index (κ1) is 13.2. The van der Waals surface area contributed by atoms with Crippen LogP contribution in [0.4, 0.5) is 0 Å². The van der Waals surface area contributed by atoms with Crippen molar-refractivity contribution in [2.24, 2.45) is 5.92 Å². The zero-order chi connectivity index (χ0) is 13.0. The monoisotopic (exact) mass is 269 g/mol. The van der Waals surface area contributed by atoms with Crippen LogP contribution in [0, 0.1) is 12.8 Å². The number of aromatic nitrogens is 2. The second kappa shape index (κ2) is 6.11. The molecule has 0 radical (unpaired) electrons. The van der Waals surface area contributed by atoms with Crippen LogP contribution in [0.3, 0.4) is 0 Å². The largest absolute Gasteiger partial charge is 0.379 e. The van der Waals surface area contributed by atoms with Crippen LogP contribution < -0.4 is 5.32 Å². The molecule has 1 aliphatic rings. The van der Waals surface area contributed by atoms with E-state index >= 15 is 0 Å². The molecule has 1 aromatic heterocycles. The number of hydrogen-bond acceptors (Lipinski definition) is 4. The van der Waals surface area contributed by atoms with Gasteiger partial charge in [-0.3, -0.25) is 4.79 Å². The topological polar surface area (TPSA) is 64.1 Å². The highest BCUT2D eigenvalue weighted by Crippen LogP contribution is 2.28. The summed E-state index contributed by atoms with van der Waals surface area (Å²) < 4.78 is 5.42. The maximum atomic E-state index is 11.7. The fourth-order valence-corrected chi connectivity index (χ4v) is 1.73. The van der Waals surface area contributed by atoms with Gasteiger partial charge in [0.25, 0.3) is 5.91 Å². The van der Waals surface area contributed by atoms with Crippen LogP contribution in [-0.2, 0) is 4.74 Å². The molecule has 5 nitrogen and oxygen atoms in total. The molecule has 0 bridgehead atoms. The maximum Gasteiger partial charge on any atom is 0.270 e. The Morgan fingerprint density at radius 1 is 1.56 bits per heavy atom. The first-order valence-electron chi connectivity index (χ1n) is 6.02. The van der Waals surface area contributed by atoms with Gasteiger partial charge in [0.1, 0.15) is 5.69 Å². The standard InChI is InChI=1S/C12H16ClN3O2/c1-8-6-10(16-12(13)15-8)11(17)14-4-5-18-7-9-2-3-9/h6,9H,2-5,7H2,1H3,(H,14,17). The smallest absolute Gasteiger partial charge is 0.270 e. The van der Waals surface area contributed by atoms with Gasteiger partial charge < -0.3 is 10.1 Å². The fourth-order valence-electron chi connectivity index (χ4n) is 1.51. The molecule has 0 aliphatic heterocycles. The molecule has 1 N–H and O–H groups in total. The summed E-state index contributed by atoms with van der Waals surface area (Å²) in [6.07, 6.45) is 2.54. The molecular weight excluding hydrogens is 254 g/mol. The van der Waals surface area contributed by atoms with Crippen molar-refractivity contribution in [1.29, 1.82) is 0 Å². The highest BCUT2D eigenvalue weighted by molar-refractivity contribution is 6.28. The fraction of sp³-hybridized carbons (Fsp3) is 0.583. The second-order valence-corrected chi connectivity index (χ2v) is 4.78. The van der Waals surface area contributed by atoms with Crippen LogP contribution >= 0.6 is 11.6 Å². The average Bonchev–Trinajstić information content (AvgIpc) is 3.11. The summed E-state index contributed by atoms with van der Waals surface area (Å²) in [6.45, 7) is 3.57. The molecule has 0 atom stereocenters. The predicted molar refractivity (Wildman–Crippen MR) is 67.7 cm³/mol. The van der Waals surface area contributed by atoms with Crippen molar-refractivity contribution >= 4 is 17.5 Å². The molecule has 0 saturated heterocycles. The first-order chi connectivity index (χ1) is 8.65. The van der Waals surface area contributed by atoms with Crippen molar-refractivity contribution in [2.75, 3.05) is 19.8 Å². The van der Waals surface area contributed by atoms with Crippen LogP contribution in [0.25, 0.3) is 0 Å². The first-order valence-corrected chi connectivity index (χ1v) is 6.40. The third kappa shape index (κ3) is 4.23. The molecule has 2 rings (SSSR count). The van der Waals surface area contributed by atoms with E-state index in [1.807, 2.05) is 0 Å². The molecule has 0 aromatic carbocycles. The molecular formula is C12H16ClN3O2. The third-order valence-corrected chi connectivity index (χ3v) is 2.81. The Hall–Kier alpha value is -1.20. The predicted octanol–water partition coefficient (Wildman–Crippen LogP) is 1.59. The minimum Gasteiger partial charge on any atom is -0.379 e. The summed E-state index contributed by atoms with van der Waals surface area (Å²) in [5.74, 6) is 0.487. The Balaban J connectivity index is 1.72. The molecule has 0 spiro atoms. The van der Waals surface area contributed by atoms with E-state index in [0.29, 0.717) is 18.8 Å². The van der Waals surface area contributed by atoms with Gasteiger partial charge in [0.2, 0.25) is 5.28 Å². The molecule has 18 heavy (non-hydrogen) atoms. The molecule has 1 amide bonds. The number of carbonyl (C=O) groups is 1. The summed E-state index contributed by atoms with van der Waals surface area (Å²) in [6, 6.07) is 1.60. The Labute approximate surface area is 111 Å². The summed E-state index contributed by atoms with van der Waals surface area (Å²) in [7, 11) is 0. The summed E-state index contributed by atoms with van der Waals surface area (Å²) in [4.78, 5) is 19.5. The van der Waals surface area contributed by atoms with E-state index in [1.165, 1.54) is 12.8 Å². The number of hydrogen-bond donors (Lipinski definition) is 1. The van der Waals surface area contributed by atoms with E-state index < -0.39 is 0 Å². The normalized spacial score (nSPS) is 14.6. The number of rotatable bonds is 6. The van der Waals surface area contributed by atoms with Crippen molar-refractivity contribution in [3.8, 4) is 0 Å². The third-order valence-electron chi connectivity index (χ3n) is 2.64. The molecule has 1 heterocycles. The minimum atomic E-state index is -0.252. The van der Waals surface area contributed by atoms with E-state index in [0.717, 1.165) is 12.5 Å². The second-order valence-electron chi connectivity index (χ2n) is 4.44. The van der Waals surface area contributed by atoms with E-state index in [1.54, 1.807) is 13.0 Å². The Bertz CT molecular complexity index is 415. The van der Waals surface area contributed by atoms with Crippen molar-refractivity contribution in [1.82, 2.24) is 15.3 Å². The molecule has 1 fully saturated rings. The van der Waals surface area contributed by atoms with E-state index in [4.69, 9.17) is 16.3 Å². The molecule has 1 aromatic rings. The van der Waals surface area contributed by atoms with Gasteiger partial charge in [-0.25, -0.2) is 9.97 Å². The van der Waals surface area contributed by atoms with Crippen molar-refractivity contribution in [2.45, 2.75) is 19.8 Å². The van der Waals surface area contributed by atoms with Gasteiger partial charge in [0.15, 0.2) is 0 Å². The maximum absolute atomic E-state index is 11.7. The van der Waals surface area contributed by atoms with Crippen molar-refractivity contribution in [3.05, 3.63) is 22.7 Å². The lowest BCUT2D eigenvalue weighted by Gasteiger charge is -2.06. The van der Waals surface area contributed by atoms with E-state index in [-0.39, 0.29) is 16.9 Å². The van der Waals surface area contributed by atoms with Gasteiger partial charge in [-0.15, -0.1) is 0 Å².